The fourth-order valence-corrected chi connectivity index (χ4v) is 2.62. The average molecular weight is 231 g/mol. The summed E-state index contributed by atoms with van der Waals surface area (Å²) in [6.07, 6.45) is 6.63. The SMILES string of the molecule is CCc1ccc(CNC2CCC(C)CC2)cc1. The van der Waals surface area contributed by atoms with Crippen molar-refractivity contribution in [3.63, 3.8) is 0 Å². The smallest absolute Gasteiger partial charge is 0.0208 e. The van der Waals surface area contributed by atoms with Gasteiger partial charge in [-0.05, 0) is 49.1 Å². The number of nitrogens with one attached hydrogen (secondary N) is 1. The van der Waals surface area contributed by atoms with Crippen molar-refractivity contribution in [2.24, 2.45) is 5.92 Å². The van der Waals surface area contributed by atoms with E-state index < -0.39 is 0 Å². The van der Waals surface area contributed by atoms with Crippen LogP contribution in [-0.2, 0) is 13.0 Å². The van der Waals surface area contributed by atoms with Crippen LogP contribution in [0.1, 0.15) is 50.7 Å². The van der Waals surface area contributed by atoms with Gasteiger partial charge in [0.25, 0.3) is 0 Å². The molecular formula is C16H25N. The molecule has 94 valence electrons. The highest BCUT2D eigenvalue weighted by Crippen LogP contribution is 2.23. The summed E-state index contributed by atoms with van der Waals surface area (Å²) in [7, 11) is 0. The quantitative estimate of drug-likeness (QED) is 0.828. The van der Waals surface area contributed by atoms with Crippen LogP contribution in [0.15, 0.2) is 24.3 Å². The molecule has 1 N–H and O–H groups in total. The predicted octanol–water partition coefficient (Wildman–Crippen LogP) is 3.92. The monoisotopic (exact) mass is 231 g/mol. The first-order valence-corrected chi connectivity index (χ1v) is 7.09. The first kappa shape index (κ1) is 12.6. The normalized spacial score (nSPS) is 24.8. The summed E-state index contributed by atoms with van der Waals surface area (Å²) in [6, 6.07) is 9.77. The van der Waals surface area contributed by atoms with Crippen molar-refractivity contribution < 1.29 is 0 Å². The molecule has 1 aromatic carbocycles. The van der Waals surface area contributed by atoms with E-state index in [-0.39, 0.29) is 0 Å². The van der Waals surface area contributed by atoms with E-state index in [9.17, 15) is 0 Å². The minimum absolute atomic E-state index is 0.747. The summed E-state index contributed by atoms with van der Waals surface area (Å²) < 4.78 is 0. The lowest BCUT2D eigenvalue weighted by molar-refractivity contribution is 0.306. The maximum absolute atomic E-state index is 3.70. The lowest BCUT2D eigenvalue weighted by atomic mass is 9.87. The Kier molecular flexibility index (Phi) is 4.61. The summed E-state index contributed by atoms with van der Waals surface area (Å²) in [6.45, 7) is 5.61. The van der Waals surface area contributed by atoms with E-state index in [0.717, 1.165) is 24.9 Å². The molecule has 0 spiro atoms. The Morgan fingerprint density at radius 3 is 2.18 bits per heavy atom. The molecule has 1 aromatic rings. The second-order valence-corrected chi connectivity index (χ2v) is 5.51. The molecule has 0 heterocycles. The molecule has 0 radical (unpaired) electrons. The molecule has 1 fully saturated rings. The van der Waals surface area contributed by atoms with Crippen molar-refractivity contribution in [3.05, 3.63) is 35.4 Å². The molecule has 1 aliphatic rings. The van der Waals surface area contributed by atoms with E-state index in [4.69, 9.17) is 0 Å². The molecule has 0 bridgehead atoms. The number of rotatable bonds is 4. The fourth-order valence-electron chi connectivity index (χ4n) is 2.62. The van der Waals surface area contributed by atoms with Crippen LogP contribution >= 0.6 is 0 Å². The summed E-state index contributed by atoms with van der Waals surface area (Å²) in [5, 5.41) is 3.70. The van der Waals surface area contributed by atoms with Gasteiger partial charge in [0.05, 0.1) is 0 Å². The minimum Gasteiger partial charge on any atom is -0.310 e. The van der Waals surface area contributed by atoms with Crippen LogP contribution in [0.4, 0.5) is 0 Å². The van der Waals surface area contributed by atoms with E-state index in [0.29, 0.717) is 0 Å². The Hall–Kier alpha value is -0.820. The highest BCUT2D eigenvalue weighted by Gasteiger charge is 2.17. The molecule has 1 nitrogen and oxygen atoms in total. The fraction of sp³-hybridized carbons (Fsp3) is 0.625. The van der Waals surface area contributed by atoms with Crippen LogP contribution in [0.2, 0.25) is 0 Å². The zero-order valence-corrected chi connectivity index (χ0v) is 11.2. The van der Waals surface area contributed by atoms with Gasteiger partial charge in [0.1, 0.15) is 0 Å². The summed E-state index contributed by atoms with van der Waals surface area (Å²) in [4.78, 5) is 0. The molecule has 0 atom stereocenters. The van der Waals surface area contributed by atoms with Crippen molar-refractivity contribution in [1.29, 1.82) is 0 Å². The topological polar surface area (TPSA) is 12.0 Å². The van der Waals surface area contributed by atoms with Crippen LogP contribution in [0.5, 0.6) is 0 Å². The van der Waals surface area contributed by atoms with Gasteiger partial charge in [0.2, 0.25) is 0 Å². The van der Waals surface area contributed by atoms with Crippen molar-refractivity contribution >= 4 is 0 Å². The maximum atomic E-state index is 3.70. The highest BCUT2D eigenvalue weighted by molar-refractivity contribution is 5.22. The van der Waals surface area contributed by atoms with Gasteiger partial charge in [-0.3, -0.25) is 0 Å². The van der Waals surface area contributed by atoms with Gasteiger partial charge in [-0.15, -0.1) is 0 Å². The average Bonchev–Trinajstić information content (AvgIpc) is 2.39. The van der Waals surface area contributed by atoms with Crippen LogP contribution < -0.4 is 5.32 Å². The van der Waals surface area contributed by atoms with Gasteiger partial charge in [-0.2, -0.15) is 0 Å². The van der Waals surface area contributed by atoms with Gasteiger partial charge < -0.3 is 5.32 Å². The zero-order chi connectivity index (χ0) is 12.1. The molecule has 1 saturated carbocycles. The van der Waals surface area contributed by atoms with Crippen LogP contribution in [-0.4, -0.2) is 6.04 Å². The Labute approximate surface area is 106 Å². The lowest BCUT2D eigenvalue weighted by Crippen LogP contribution is -2.32. The minimum atomic E-state index is 0.747. The largest absolute Gasteiger partial charge is 0.310 e. The number of hydrogen-bond donors (Lipinski definition) is 1. The first-order chi connectivity index (χ1) is 8.28. The molecule has 0 aromatic heterocycles. The molecule has 0 amide bonds. The Morgan fingerprint density at radius 2 is 1.59 bits per heavy atom. The molecular weight excluding hydrogens is 206 g/mol. The van der Waals surface area contributed by atoms with Crippen LogP contribution in [0.25, 0.3) is 0 Å². The van der Waals surface area contributed by atoms with Gasteiger partial charge in [-0.25, -0.2) is 0 Å². The van der Waals surface area contributed by atoms with E-state index in [1.54, 1.807) is 0 Å². The molecule has 2 rings (SSSR count). The third-order valence-electron chi connectivity index (χ3n) is 4.04. The van der Waals surface area contributed by atoms with Crippen molar-refractivity contribution in [2.45, 2.75) is 58.5 Å². The highest BCUT2D eigenvalue weighted by atomic mass is 14.9. The third kappa shape index (κ3) is 3.85. The Morgan fingerprint density at radius 1 is 1.00 bits per heavy atom. The number of aryl methyl sites for hydroxylation is 1. The Bertz CT molecular complexity index is 320. The third-order valence-corrected chi connectivity index (χ3v) is 4.04. The van der Waals surface area contributed by atoms with E-state index in [2.05, 4.69) is 43.4 Å². The van der Waals surface area contributed by atoms with Crippen LogP contribution in [0, 0.1) is 5.92 Å². The summed E-state index contributed by atoms with van der Waals surface area (Å²) in [5.74, 6) is 0.942. The second kappa shape index (κ2) is 6.20. The maximum Gasteiger partial charge on any atom is 0.0208 e. The predicted molar refractivity (Wildman–Crippen MR) is 74.1 cm³/mol. The number of hydrogen-bond acceptors (Lipinski definition) is 1. The molecule has 1 heteroatoms. The lowest BCUT2D eigenvalue weighted by Gasteiger charge is -2.27. The van der Waals surface area contributed by atoms with Crippen LogP contribution in [0.3, 0.4) is 0 Å². The van der Waals surface area contributed by atoms with Crippen molar-refractivity contribution in [2.75, 3.05) is 0 Å². The van der Waals surface area contributed by atoms with E-state index in [1.165, 1.54) is 36.8 Å². The molecule has 17 heavy (non-hydrogen) atoms. The van der Waals surface area contributed by atoms with Gasteiger partial charge in [-0.1, -0.05) is 38.1 Å². The summed E-state index contributed by atoms with van der Waals surface area (Å²) >= 11 is 0. The van der Waals surface area contributed by atoms with Crippen molar-refractivity contribution in [3.8, 4) is 0 Å². The Balaban J connectivity index is 1.77. The molecule has 1 aliphatic carbocycles. The summed E-state index contributed by atoms with van der Waals surface area (Å²) in [5.41, 5.74) is 2.85. The van der Waals surface area contributed by atoms with Gasteiger partial charge >= 0.3 is 0 Å². The van der Waals surface area contributed by atoms with E-state index in [1.807, 2.05) is 0 Å². The first-order valence-electron chi connectivity index (χ1n) is 7.09. The molecule has 0 unspecified atom stereocenters. The van der Waals surface area contributed by atoms with Crippen molar-refractivity contribution in [1.82, 2.24) is 5.32 Å². The van der Waals surface area contributed by atoms with E-state index >= 15 is 0 Å². The number of benzene rings is 1. The van der Waals surface area contributed by atoms with Gasteiger partial charge in [0, 0.05) is 12.6 Å². The molecule has 0 aliphatic heterocycles. The zero-order valence-electron chi connectivity index (χ0n) is 11.2. The standard InChI is InChI=1S/C16H25N/c1-3-14-6-8-15(9-7-14)12-17-16-10-4-13(2)5-11-16/h6-9,13,16-17H,3-5,10-12H2,1-2H3. The van der Waals surface area contributed by atoms with Gasteiger partial charge in [0.15, 0.2) is 0 Å². The second-order valence-electron chi connectivity index (χ2n) is 5.51. The molecule has 0 saturated heterocycles.